The summed E-state index contributed by atoms with van der Waals surface area (Å²) in [6, 6.07) is 26.8. The van der Waals surface area contributed by atoms with E-state index in [-0.39, 0.29) is 18.0 Å². The Morgan fingerprint density at radius 2 is 1.63 bits per heavy atom. The average molecular weight is 491 g/mol. The van der Waals surface area contributed by atoms with Crippen LogP contribution in [-0.4, -0.2) is 32.3 Å². The van der Waals surface area contributed by atoms with E-state index in [1.54, 1.807) is 24.3 Å². The van der Waals surface area contributed by atoms with Crippen LogP contribution in [0.2, 0.25) is 0 Å². The number of amides is 1. The number of methoxy groups -OCH3 is 1. The van der Waals surface area contributed by atoms with Crippen molar-refractivity contribution < 1.29 is 22.4 Å². The van der Waals surface area contributed by atoms with E-state index in [4.69, 9.17) is 9.15 Å². The van der Waals surface area contributed by atoms with Gasteiger partial charge in [-0.2, -0.15) is 4.31 Å². The van der Waals surface area contributed by atoms with Gasteiger partial charge in [-0.3, -0.25) is 4.79 Å². The lowest BCUT2D eigenvalue weighted by Gasteiger charge is -2.21. The average Bonchev–Trinajstić information content (AvgIpc) is 3.39. The van der Waals surface area contributed by atoms with Gasteiger partial charge in [0.1, 0.15) is 11.5 Å². The van der Waals surface area contributed by atoms with Crippen molar-refractivity contribution in [3.63, 3.8) is 0 Å². The van der Waals surface area contributed by atoms with Gasteiger partial charge in [0.2, 0.25) is 15.9 Å². The number of sulfonamides is 1. The van der Waals surface area contributed by atoms with Crippen molar-refractivity contribution in [1.29, 1.82) is 0 Å². The summed E-state index contributed by atoms with van der Waals surface area (Å²) in [4.78, 5) is 13.1. The van der Waals surface area contributed by atoms with Crippen LogP contribution in [0.1, 0.15) is 16.9 Å². The Balaban J connectivity index is 1.55. The quantitative estimate of drug-likeness (QED) is 0.348. The molecule has 0 unspecified atom stereocenters. The molecule has 0 saturated carbocycles. The molecule has 0 radical (unpaired) electrons. The van der Waals surface area contributed by atoms with Crippen molar-refractivity contribution >= 4 is 21.6 Å². The number of hydrogen-bond donors (Lipinski definition) is 1. The van der Waals surface area contributed by atoms with Crippen LogP contribution in [0.25, 0.3) is 0 Å². The fourth-order valence-corrected chi connectivity index (χ4v) is 5.02. The van der Waals surface area contributed by atoms with Crippen molar-refractivity contribution in [3.8, 4) is 5.75 Å². The zero-order valence-electron chi connectivity index (χ0n) is 19.3. The van der Waals surface area contributed by atoms with Crippen LogP contribution in [0, 0.1) is 0 Å². The molecule has 35 heavy (non-hydrogen) atoms. The first-order chi connectivity index (χ1) is 17.0. The highest BCUT2D eigenvalue weighted by Crippen LogP contribution is 2.23. The van der Waals surface area contributed by atoms with E-state index in [1.165, 1.54) is 25.5 Å². The summed E-state index contributed by atoms with van der Waals surface area (Å²) in [5.74, 6) is 0.516. The molecule has 1 aromatic heterocycles. The topological polar surface area (TPSA) is 88.9 Å². The van der Waals surface area contributed by atoms with Crippen molar-refractivity contribution in [2.75, 3.05) is 19.0 Å². The van der Waals surface area contributed by atoms with Gasteiger partial charge >= 0.3 is 0 Å². The smallest absolute Gasteiger partial charge is 0.243 e. The largest absolute Gasteiger partial charge is 0.497 e. The summed E-state index contributed by atoms with van der Waals surface area (Å²) in [6.07, 6.45) is 2.10. The Morgan fingerprint density at radius 3 is 2.31 bits per heavy atom. The van der Waals surface area contributed by atoms with Gasteiger partial charge in [-0.05, 0) is 60.0 Å². The lowest BCUT2D eigenvalue weighted by molar-refractivity contribution is -0.116. The molecule has 0 saturated heterocycles. The first-order valence-corrected chi connectivity index (χ1v) is 12.5. The van der Waals surface area contributed by atoms with Crippen LogP contribution < -0.4 is 10.1 Å². The van der Waals surface area contributed by atoms with E-state index in [0.717, 1.165) is 15.4 Å². The summed E-state index contributed by atoms with van der Waals surface area (Å²) in [7, 11) is -2.48. The monoisotopic (exact) mass is 490 g/mol. The molecule has 1 heterocycles. The number of ether oxygens (including phenoxy) is 1. The summed E-state index contributed by atoms with van der Waals surface area (Å²) in [5, 5.41) is 2.89. The predicted octanol–water partition coefficient (Wildman–Crippen LogP) is 4.71. The van der Waals surface area contributed by atoms with E-state index in [2.05, 4.69) is 5.32 Å². The van der Waals surface area contributed by atoms with E-state index < -0.39 is 15.9 Å². The van der Waals surface area contributed by atoms with Crippen molar-refractivity contribution in [3.05, 3.63) is 114 Å². The van der Waals surface area contributed by atoms with Gasteiger partial charge in [-0.1, -0.05) is 48.5 Å². The van der Waals surface area contributed by atoms with Crippen molar-refractivity contribution in [1.82, 2.24) is 4.31 Å². The highest BCUT2D eigenvalue weighted by atomic mass is 32.2. The molecule has 1 N–H and O–H groups in total. The fourth-order valence-electron chi connectivity index (χ4n) is 3.66. The molecular weight excluding hydrogens is 464 g/mol. The second-order valence-corrected chi connectivity index (χ2v) is 9.83. The molecule has 1 amide bonds. The number of carbonyl (C=O) groups is 1. The molecule has 180 valence electrons. The summed E-state index contributed by atoms with van der Waals surface area (Å²) in [6.45, 7) is -0.463. The number of nitrogens with one attached hydrogen (secondary N) is 1. The molecule has 0 aliphatic carbocycles. The normalized spacial score (nSPS) is 11.4. The zero-order valence-corrected chi connectivity index (χ0v) is 20.1. The van der Waals surface area contributed by atoms with Crippen LogP contribution in [0.5, 0.6) is 5.75 Å². The molecule has 0 aliphatic heterocycles. The lowest BCUT2D eigenvalue weighted by atomic mass is 10.0. The van der Waals surface area contributed by atoms with Gasteiger partial charge in [0.05, 0.1) is 31.4 Å². The zero-order chi connectivity index (χ0) is 24.7. The number of anilines is 1. The molecule has 3 aromatic carbocycles. The molecule has 4 rings (SSSR count). The van der Waals surface area contributed by atoms with E-state index in [0.29, 0.717) is 23.6 Å². The molecule has 7 nitrogen and oxygen atoms in total. The number of rotatable bonds is 10. The van der Waals surface area contributed by atoms with E-state index in [9.17, 15) is 13.2 Å². The van der Waals surface area contributed by atoms with E-state index >= 15 is 0 Å². The minimum Gasteiger partial charge on any atom is -0.497 e. The predicted molar refractivity (Wildman–Crippen MR) is 134 cm³/mol. The van der Waals surface area contributed by atoms with Gasteiger partial charge in [0.25, 0.3) is 0 Å². The number of carbonyl (C=O) groups excluding carboxylic acids is 1. The Bertz CT molecular complexity index is 1350. The Kier molecular flexibility index (Phi) is 7.64. The second-order valence-electron chi connectivity index (χ2n) is 7.90. The highest BCUT2D eigenvalue weighted by Gasteiger charge is 2.28. The summed E-state index contributed by atoms with van der Waals surface area (Å²) >= 11 is 0. The maximum atomic E-state index is 13.4. The van der Waals surface area contributed by atoms with Crippen LogP contribution in [0.3, 0.4) is 0 Å². The third-order valence-electron chi connectivity index (χ3n) is 5.46. The maximum Gasteiger partial charge on any atom is 0.243 e. The van der Waals surface area contributed by atoms with Gasteiger partial charge in [-0.25, -0.2) is 8.42 Å². The van der Waals surface area contributed by atoms with Crippen molar-refractivity contribution in [2.45, 2.75) is 17.9 Å². The number of hydrogen-bond acceptors (Lipinski definition) is 5. The molecule has 0 bridgehead atoms. The SMILES string of the molecule is COc1ccc(S(=O)(=O)N(CC(=O)Nc2ccccc2Cc2ccccc2)Cc2ccco2)cc1. The molecule has 4 aromatic rings. The van der Waals surface area contributed by atoms with Crippen LogP contribution >= 0.6 is 0 Å². The van der Waals surface area contributed by atoms with Gasteiger partial charge < -0.3 is 14.5 Å². The van der Waals surface area contributed by atoms with Crippen LogP contribution in [0.15, 0.2) is 107 Å². The number of nitrogens with zero attached hydrogens (tertiary/aromatic N) is 1. The van der Waals surface area contributed by atoms with Gasteiger partial charge in [0, 0.05) is 5.69 Å². The van der Waals surface area contributed by atoms with Crippen LogP contribution in [0.4, 0.5) is 5.69 Å². The maximum absolute atomic E-state index is 13.4. The van der Waals surface area contributed by atoms with Crippen molar-refractivity contribution in [2.24, 2.45) is 0 Å². The van der Waals surface area contributed by atoms with Gasteiger partial charge in [0.15, 0.2) is 0 Å². The fraction of sp³-hybridized carbons (Fsp3) is 0.148. The summed E-state index contributed by atoms with van der Waals surface area (Å²) in [5.41, 5.74) is 2.68. The molecule has 0 fully saturated rings. The second kappa shape index (κ2) is 11.0. The van der Waals surface area contributed by atoms with Crippen LogP contribution in [-0.2, 0) is 27.8 Å². The first kappa shape index (κ1) is 24.3. The Morgan fingerprint density at radius 1 is 0.914 bits per heavy atom. The Hall–Kier alpha value is -3.88. The molecule has 8 heteroatoms. The molecule has 0 spiro atoms. The first-order valence-electron chi connectivity index (χ1n) is 11.0. The summed E-state index contributed by atoms with van der Waals surface area (Å²) < 4.78 is 38.4. The molecular formula is C27H26N2O5S. The third kappa shape index (κ3) is 6.17. The highest BCUT2D eigenvalue weighted by molar-refractivity contribution is 7.89. The molecule has 0 atom stereocenters. The third-order valence-corrected chi connectivity index (χ3v) is 7.26. The minimum absolute atomic E-state index is 0.0575. The number of furan rings is 1. The Labute approximate surface area is 205 Å². The van der Waals surface area contributed by atoms with E-state index in [1.807, 2.05) is 54.6 Å². The lowest BCUT2D eigenvalue weighted by Crippen LogP contribution is -2.37. The molecule has 0 aliphatic rings. The standard InChI is InChI=1S/C27H26N2O5S/c1-33-23-13-15-25(16-14-23)35(31,32)29(19-24-11-7-17-34-24)20-27(30)28-26-12-6-5-10-22(26)18-21-8-3-2-4-9-21/h2-17H,18-20H2,1H3,(H,28,30). The number of benzene rings is 3. The number of para-hydroxylation sites is 1. The minimum atomic E-state index is -3.99. The van der Waals surface area contributed by atoms with Gasteiger partial charge in [-0.15, -0.1) is 0 Å².